The van der Waals surface area contributed by atoms with Gasteiger partial charge in [0.25, 0.3) is 0 Å². The van der Waals surface area contributed by atoms with Gasteiger partial charge in [-0.25, -0.2) is 9.18 Å². The molecule has 2 N–H and O–H groups in total. The van der Waals surface area contributed by atoms with Crippen LogP contribution in [-0.2, 0) is 4.74 Å². The van der Waals surface area contributed by atoms with E-state index in [9.17, 15) is 9.18 Å². The number of nitrogens with one attached hydrogen (secondary N) is 2. The van der Waals surface area contributed by atoms with Gasteiger partial charge >= 0.3 is 6.09 Å². The first-order valence-electron chi connectivity index (χ1n) is 9.52. The molecule has 26 heavy (non-hydrogen) atoms. The maximum atomic E-state index is 14.5. The zero-order valence-electron chi connectivity index (χ0n) is 16.2. The number of hydrogen-bond donors (Lipinski definition) is 2. The molecule has 1 saturated carbocycles. The van der Waals surface area contributed by atoms with Gasteiger partial charge < -0.3 is 20.3 Å². The molecule has 2 fully saturated rings. The zero-order chi connectivity index (χ0) is 18.9. The highest BCUT2D eigenvalue weighted by Crippen LogP contribution is 2.32. The second-order valence-electron chi connectivity index (χ2n) is 8.47. The monoisotopic (exact) mass is 363 g/mol. The van der Waals surface area contributed by atoms with Gasteiger partial charge in [-0.15, -0.1) is 0 Å². The summed E-state index contributed by atoms with van der Waals surface area (Å²) in [5, 5.41) is 6.41. The van der Waals surface area contributed by atoms with Crippen LogP contribution in [0.3, 0.4) is 0 Å². The Bertz CT molecular complexity index is 668. The molecule has 1 aromatic rings. The Kier molecular flexibility index (Phi) is 5.30. The number of carbonyl (C=O) groups excluding carboxylic acids is 1. The van der Waals surface area contributed by atoms with Crippen molar-refractivity contribution in [3.63, 3.8) is 0 Å². The molecule has 144 valence electrons. The first kappa shape index (κ1) is 18.8. The van der Waals surface area contributed by atoms with Crippen LogP contribution in [0.1, 0.15) is 52.0 Å². The molecule has 2 aliphatic rings. The second-order valence-corrected chi connectivity index (χ2v) is 8.47. The Morgan fingerprint density at radius 3 is 2.58 bits per heavy atom. The quantitative estimate of drug-likeness (QED) is 0.842. The molecule has 6 heteroatoms. The number of hydrogen-bond acceptors (Lipinski definition) is 4. The van der Waals surface area contributed by atoms with Gasteiger partial charge in [-0.05, 0) is 71.1 Å². The highest BCUT2D eigenvalue weighted by Gasteiger charge is 2.28. The number of alkyl carbamates (subject to hydrolysis) is 1. The third-order valence-electron chi connectivity index (χ3n) is 5.01. The summed E-state index contributed by atoms with van der Waals surface area (Å²) >= 11 is 0. The standard InChI is InChI=1S/C20H30FN3O2/c1-13-10-16(21)18(11-17(13)22-14-6-5-7-14)24-9-8-15(12-24)23-19(25)26-20(2,3)4/h10-11,14-15,22H,5-9,12H2,1-4H3,(H,23,25). The number of nitrogens with zero attached hydrogens (tertiary/aromatic N) is 1. The fourth-order valence-electron chi connectivity index (χ4n) is 3.40. The molecule has 1 aliphatic carbocycles. The Morgan fingerprint density at radius 2 is 1.96 bits per heavy atom. The molecule has 0 radical (unpaired) electrons. The van der Waals surface area contributed by atoms with E-state index < -0.39 is 11.7 Å². The lowest BCUT2D eigenvalue weighted by Gasteiger charge is -2.29. The van der Waals surface area contributed by atoms with Crippen LogP contribution in [0.2, 0.25) is 0 Å². The lowest BCUT2D eigenvalue weighted by atomic mass is 9.92. The normalized spacial score (nSPS) is 20.7. The lowest BCUT2D eigenvalue weighted by molar-refractivity contribution is 0.0509. The molecular weight excluding hydrogens is 333 g/mol. The predicted molar refractivity (Wildman–Crippen MR) is 102 cm³/mol. The fourth-order valence-corrected chi connectivity index (χ4v) is 3.40. The summed E-state index contributed by atoms with van der Waals surface area (Å²) in [5.41, 5.74) is 2.02. The molecule has 3 rings (SSSR count). The van der Waals surface area contributed by atoms with Crippen molar-refractivity contribution in [3.8, 4) is 0 Å². The summed E-state index contributed by atoms with van der Waals surface area (Å²) in [4.78, 5) is 14.0. The summed E-state index contributed by atoms with van der Waals surface area (Å²) in [6, 6.07) is 3.99. The first-order chi connectivity index (χ1) is 12.2. The fraction of sp³-hybridized carbons (Fsp3) is 0.650. The van der Waals surface area contributed by atoms with Crippen LogP contribution in [0, 0.1) is 12.7 Å². The maximum Gasteiger partial charge on any atom is 0.407 e. The Balaban J connectivity index is 1.64. The number of ether oxygens (including phenoxy) is 1. The summed E-state index contributed by atoms with van der Waals surface area (Å²) < 4.78 is 19.9. The molecule has 1 aromatic carbocycles. The van der Waals surface area contributed by atoms with Crippen LogP contribution < -0.4 is 15.5 Å². The van der Waals surface area contributed by atoms with Crippen LogP contribution in [-0.4, -0.2) is 36.9 Å². The first-order valence-corrected chi connectivity index (χ1v) is 9.52. The molecule has 5 nitrogen and oxygen atoms in total. The van der Waals surface area contributed by atoms with Crippen molar-refractivity contribution in [2.75, 3.05) is 23.3 Å². The number of halogens is 1. The minimum Gasteiger partial charge on any atom is -0.444 e. The number of aryl methyl sites for hydroxylation is 1. The van der Waals surface area contributed by atoms with Gasteiger partial charge in [0.2, 0.25) is 0 Å². The van der Waals surface area contributed by atoms with E-state index >= 15 is 0 Å². The molecule has 1 aliphatic heterocycles. The minimum absolute atomic E-state index is 0.0337. The highest BCUT2D eigenvalue weighted by molar-refractivity contribution is 5.69. The smallest absolute Gasteiger partial charge is 0.407 e. The Morgan fingerprint density at radius 1 is 1.23 bits per heavy atom. The van der Waals surface area contributed by atoms with Crippen LogP contribution in [0.25, 0.3) is 0 Å². The topological polar surface area (TPSA) is 53.6 Å². The molecule has 1 atom stereocenters. The van der Waals surface area contributed by atoms with E-state index in [0.29, 0.717) is 24.8 Å². The van der Waals surface area contributed by atoms with Crippen molar-refractivity contribution in [1.82, 2.24) is 5.32 Å². The van der Waals surface area contributed by atoms with E-state index in [2.05, 4.69) is 10.6 Å². The van der Waals surface area contributed by atoms with E-state index in [1.807, 2.05) is 38.7 Å². The summed E-state index contributed by atoms with van der Waals surface area (Å²) in [5.74, 6) is -0.209. The molecular formula is C20H30FN3O2. The average Bonchev–Trinajstić information content (AvgIpc) is 2.90. The van der Waals surface area contributed by atoms with E-state index in [1.165, 1.54) is 19.3 Å². The number of rotatable bonds is 4. The second kappa shape index (κ2) is 7.33. The van der Waals surface area contributed by atoms with Crippen molar-refractivity contribution in [2.45, 2.75) is 71.1 Å². The van der Waals surface area contributed by atoms with Crippen LogP contribution in [0.5, 0.6) is 0 Å². The average molecular weight is 363 g/mol. The van der Waals surface area contributed by atoms with Gasteiger partial charge in [0.1, 0.15) is 11.4 Å². The summed E-state index contributed by atoms with van der Waals surface area (Å²) in [6.45, 7) is 8.75. The molecule has 0 bridgehead atoms. The number of benzene rings is 1. The predicted octanol–water partition coefficient (Wildman–Crippen LogP) is 4.20. The van der Waals surface area contributed by atoms with Gasteiger partial charge in [-0.3, -0.25) is 0 Å². The minimum atomic E-state index is -0.520. The van der Waals surface area contributed by atoms with Gasteiger partial charge in [0, 0.05) is 24.8 Å². The van der Waals surface area contributed by atoms with Crippen molar-refractivity contribution in [2.24, 2.45) is 0 Å². The van der Waals surface area contributed by atoms with E-state index in [0.717, 1.165) is 17.7 Å². The maximum absolute atomic E-state index is 14.5. The SMILES string of the molecule is Cc1cc(F)c(N2CCC(NC(=O)OC(C)(C)C)C2)cc1NC1CCC1. The third kappa shape index (κ3) is 4.59. The van der Waals surface area contributed by atoms with Crippen molar-refractivity contribution in [1.29, 1.82) is 0 Å². The van der Waals surface area contributed by atoms with E-state index in [-0.39, 0.29) is 11.9 Å². The van der Waals surface area contributed by atoms with Gasteiger partial charge in [0.15, 0.2) is 0 Å². The highest BCUT2D eigenvalue weighted by atomic mass is 19.1. The van der Waals surface area contributed by atoms with Crippen molar-refractivity contribution in [3.05, 3.63) is 23.5 Å². The van der Waals surface area contributed by atoms with Crippen LogP contribution in [0.4, 0.5) is 20.6 Å². The number of anilines is 2. The third-order valence-corrected chi connectivity index (χ3v) is 5.01. The Labute approximate surface area is 155 Å². The Hall–Kier alpha value is -1.98. The largest absolute Gasteiger partial charge is 0.444 e. The molecule has 1 saturated heterocycles. The molecule has 0 spiro atoms. The van der Waals surface area contributed by atoms with Gasteiger partial charge in [-0.1, -0.05) is 0 Å². The number of amides is 1. The summed E-state index contributed by atoms with van der Waals surface area (Å²) in [6.07, 6.45) is 3.98. The van der Waals surface area contributed by atoms with Gasteiger partial charge in [0.05, 0.1) is 11.7 Å². The summed E-state index contributed by atoms with van der Waals surface area (Å²) in [7, 11) is 0. The zero-order valence-corrected chi connectivity index (χ0v) is 16.2. The van der Waals surface area contributed by atoms with Crippen LogP contribution in [0.15, 0.2) is 12.1 Å². The van der Waals surface area contributed by atoms with Crippen LogP contribution >= 0.6 is 0 Å². The molecule has 1 amide bonds. The lowest BCUT2D eigenvalue weighted by Crippen LogP contribution is -2.40. The number of carbonyl (C=O) groups is 1. The molecule has 1 heterocycles. The molecule has 1 unspecified atom stereocenters. The molecule has 0 aromatic heterocycles. The van der Waals surface area contributed by atoms with Crippen molar-refractivity contribution >= 4 is 17.5 Å². The van der Waals surface area contributed by atoms with Crippen molar-refractivity contribution < 1.29 is 13.9 Å². The van der Waals surface area contributed by atoms with Gasteiger partial charge in [-0.2, -0.15) is 0 Å². The van der Waals surface area contributed by atoms with E-state index in [1.54, 1.807) is 6.07 Å². The van der Waals surface area contributed by atoms with E-state index in [4.69, 9.17) is 4.74 Å².